The van der Waals surface area contributed by atoms with Gasteiger partial charge >= 0.3 is 0 Å². The Balaban J connectivity index is 1.71. The monoisotopic (exact) mass is 285 g/mol. The second-order valence-corrected chi connectivity index (χ2v) is 5.12. The van der Waals surface area contributed by atoms with E-state index in [4.69, 9.17) is 4.74 Å². The standard InChI is InChI=1S/C17H23N3O/c1-18-13-15-3-5-17(6-4-15)21-12-11-20(2)14-16-7-9-19-10-8-16/h3-10,18H,11-14H2,1-2H3. The van der Waals surface area contributed by atoms with Crippen LogP contribution < -0.4 is 10.1 Å². The summed E-state index contributed by atoms with van der Waals surface area (Å²) in [6, 6.07) is 12.3. The third-order valence-electron chi connectivity index (χ3n) is 3.25. The van der Waals surface area contributed by atoms with Crippen LogP contribution in [0.2, 0.25) is 0 Å². The molecule has 0 aliphatic carbocycles. The Bertz CT molecular complexity index is 513. The molecular weight excluding hydrogens is 262 g/mol. The highest BCUT2D eigenvalue weighted by Crippen LogP contribution is 2.12. The summed E-state index contributed by atoms with van der Waals surface area (Å²) in [5.41, 5.74) is 2.53. The van der Waals surface area contributed by atoms with Gasteiger partial charge < -0.3 is 10.1 Å². The second-order valence-electron chi connectivity index (χ2n) is 5.12. The zero-order chi connectivity index (χ0) is 14.9. The van der Waals surface area contributed by atoms with Crippen molar-refractivity contribution in [2.24, 2.45) is 0 Å². The number of nitrogens with zero attached hydrogens (tertiary/aromatic N) is 2. The Morgan fingerprint density at radius 2 is 1.76 bits per heavy atom. The van der Waals surface area contributed by atoms with Gasteiger partial charge in [-0.25, -0.2) is 0 Å². The third kappa shape index (κ3) is 5.53. The van der Waals surface area contributed by atoms with Crippen molar-refractivity contribution in [3.8, 4) is 5.75 Å². The minimum absolute atomic E-state index is 0.687. The van der Waals surface area contributed by atoms with E-state index in [1.165, 1.54) is 11.1 Å². The molecule has 4 nitrogen and oxygen atoms in total. The van der Waals surface area contributed by atoms with Gasteiger partial charge in [0.2, 0.25) is 0 Å². The maximum absolute atomic E-state index is 5.77. The zero-order valence-corrected chi connectivity index (χ0v) is 12.7. The van der Waals surface area contributed by atoms with Crippen LogP contribution in [0.3, 0.4) is 0 Å². The minimum atomic E-state index is 0.687. The predicted molar refractivity (Wildman–Crippen MR) is 85.3 cm³/mol. The van der Waals surface area contributed by atoms with Crippen molar-refractivity contribution in [1.29, 1.82) is 0 Å². The molecule has 2 aromatic rings. The molecule has 0 fully saturated rings. The van der Waals surface area contributed by atoms with Crippen LogP contribution in [0.25, 0.3) is 0 Å². The second kappa shape index (κ2) is 8.39. The van der Waals surface area contributed by atoms with Gasteiger partial charge in [0.15, 0.2) is 0 Å². The van der Waals surface area contributed by atoms with Gasteiger partial charge in [-0.1, -0.05) is 12.1 Å². The number of likely N-dealkylation sites (N-methyl/N-ethyl adjacent to an activating group) is 1. The van der Waals surface area contributed by atoms with Crippen LogP contribution in [0.5, 0.6) is 5.75 Å². The summed E-state index contributed by atoms with van der Waals surface area (Å²) < 4.78 is 5.77. The van der Waals surface area contributed by atoms with E-state index in [-0.39, 0.29) is 0 Å². The van der Waals surface area contributed by atoms with Crippen LogP contribution >= 0.6 is 0 Å². The molecule has 0 saturated carbocycles. The molecule has 0 bridgehead atoms. The topological polar surface area (TPSA) is 37.4 Å². The molecule has 1 N–H and O–H groups in total. The first kappa shape index (κ1) is 15.5. The van der Waals surface area contributed by atoms with Crippen molar-refractivity contribution >= 4 is 0 Å². The first-order valence-electron chi connectivity index (χ1n) is 7.21. The number of ether oxygens (including phenoxy) is 1. The van der Waals surface area contributed by atoms with E-state index in [0.717, 1.165) is 25.4 Å². The lowest BCUT2D eigenvalue weighted by molar-refractivity contribution is 0.233. The van der Waals surface area contributed by atoms with Crippen molar-refractivity contribution in [3.63, 3.8) is 0 Å². The number of hydrogen-bond donors (Lipinski definition) is 1. The fourth-order valence-corrected chi connectivity index (χ4v) is 2.11. The maximum atomic E-state index is 5.77. The SMILES string of the molecule is CNCc1ccc(OCCN(C)Cc2ccncc2)cc1. The van der Waals surface area contributed by atoms with Gasteiger partial charge in [0.05, 0.1) is 0 Å². The average Bonchev–Trinajstić information content (AvgIpc) is 2.50. The van der Waals surface area contributed by atoms with Crippen molar-refractivity contribution in [2.45, 2.75) is 13.1 Å². The number of hydrogen-bond acceptors (Lipinski definition) is 4. The Morgan fingerprint density at radius 3 is 2.43 bits per heavy atom. The van der Waals surface area contributed by atoms with Gasteiger partial charge in [0.25, 0.3) is 0 Å². The summed E-state index contributed by atoms with van der Waals surface area (Å²) in [6.07, 6.45) is 3.65. The molecule has 2 rings (SSSR count). The molecule has 112 valence electrons. The molecule has 4 heteroatoms. The van der Waals surface area contributed by atoms with Crippen molar-refractivity contribution < 1.29 is 4.74 Å². The predicted octanol–water partition coefficient (Wildman–Crippen LogP) is 2.31. The summed E-state index contributed by atoms with van der Waals surface area (Å²) >= 11 is 0. The summed E-state index contributed by atoms with van der Waals surface area (Å²) in [6.45, 7) is 3.37. The minimum Gasteiger partial charge on any atom is -0.492 e. The quantitative estimate of drug-likeness (QED) is 0.807. The van der Waals surface area contributed by atoms with Gasteiger partial charge in [-0.2, -0.15) is 0 Å². The average molecular weight is 285 g/mol. The molecular formula is C17H23N3O. The number of rotatable bonds is 8. The van der Waals surface area contributed by atoms with Crippen LogP contribution in [-0.4, -0.2) is 37.1 Å². The fourth-order valence-electron chi connectivity index (χ4n) is 2.11. The highest BCUT2D eigenvalue weighted by atomic mass is 16.5. The molecule has 0 amide bonds. The maximum Gasteiger partial charge on any atom is 0.119 e. The van der Waals surface area contributed by atoms with E-state index in [2.05, 4.69) is 34.4 Å². The van der Waals surface area contributed by atoms with Gasteiger partial charge in [0, 0.05) is 32.0 Å². The molecule has 0 unspecified atom stereocenters. The third-order valence-corrected chi connectivity index (χ3v) is 3.25. The van der Waals surface area contributed by atoms with Crippen LogP contribution in [0.1, 0.15) is 11.1 Å². The number of nitrogens with one attached hydrogen (secondary N) is 1. The molecule has 1 heterocycles. The van der Waals surface area contributed by atoms with Crippen molar-refractivity contribution in [3.05, 3.63) is 59.9 Å². The normalized spacial score (nSPS) is 10.8. The molecule has 21 heavy (non-hydrogen) atoms. The largest absolute Gasteiger partial charge is 0.492 e. The van der Waals surface area contributed by atoms with E-state index in [9.17, 15) is 0 Å². The Labute approximate surface area is 126 Å². The van der Waals surface area contributed by atoms with Crippen molar-refractivity contribution in [2.75, 3.05) is 27.2 Å². The van der Waals surface area contributed by atoms with Gasteiger partial charge in [-0.15, -0.1) is 0 Å². The summed E-state index contributed by atoms with van der Waals surface area (Å²) in [5.74, 6) is 0.923. The highest BCUT2D eigenvalue weighted by Gasteiger charge is 2.01. The molecule has 0 spiro atoms. The van der Waals surface area contributed by atoms with E-state index >= 15 is 0 Å². The van der Waals surface area contributed by atoms with Gasteiger partial charge in [0.1, 0.15) is 12.4 Å². The summed E-state index contributed by atoms with van der Waals surface area (Å²) in [4.78, 5) is 6.27. The molecule has 0 saturated heterocycles. The first-order valence-corrected chi connectivity index (χ1v) is 7.21. The Kier molecular flexibility index (Phi) is 6.19. The Hall–Kier alpha value is -1.91. The molecule has 1 aromatic carbocycles. The lowest BCUT2D eigenvalue weighted by atomic mass is 10.2. The van der Waals surface area contributed by atoms with Crippen LogP contribution in [0.4, 0.5) is 0 Å². The van der Waals surface area contributed by atoms with Gasteiger partial charge in [-0.05, 0) is 49.5 Å². The van der Waals surface area contributed by atoms with Crippen LogP contribution in [0.15, 0.2) is 48.8 Å². The van der Waals surface area contributed by atoms with Crippen LogP contribution in [0, 0.1) is 0 Å². The number of aromatic nitrogens is 1. The molecule has 0 aliphatic rings. The van der Waals surface area contributed by atoms with E-state index in [1.54, 1.807) is 0 Å². The molecule has 0 radical (unpaired) electrons. The zero-order valence-electron chi connectivity index (χ0n) is 12.7. The lowest BCUT2D eigenvalue weighted by Crippen LogP contribution is -2.23. The summed E-state index contributed by atoms with van der Waals surface area (Å²) in [7, 11) is 4.04. The van der Waals surface area contributed by atoms with E-state index in [0.29, 0.717) is 6.61 Å². The first-order chi connectivity index (χ1) is 10.3. The lowest BCUT2D eigenvalue weighted by Gasteiger charge is -2.17. The van der Waals surface area contributed by atoms with Crippen LogP contribution in [-0.2, 0) is 13.1 Å². The fraction of sp³-hybridized carbons (Fsp3) is 0.353. The molecule has 0 atom stereocenters. The Morgan fingerprint density at radius 1 is 1.05 bits per heavy atom. The number of benzene rings is 1. The van der Waals surface area contributed by atoms with Gasteiger partial charge in [-0.3, -0.25) is 9.88 Å². The van der Waals surface area contributed by atoms with E-state index < -0.39 is 0 Å². The number of pyridine rings is 1. The van der Waals surface area contributed by atoms with Crippen molar-refractivity contribution in [1.82, 2.24) is 15.2 Å². The molecule has 0 aliphatic heterocycles. The van der Waals surface area contributed by atoms with E-state index in [1.807, 2.05) is 43.7 Å². The smallest absolute Gasteiger partial charge is 0.119 e. The highest BCUT2D eigenvalue weighted by molar-refractivity contribution is 5.27. The molecule has 1 aromatic heterocycles. The summed E-state index contributed by atoms with van der Waals surface area (Å²) in [5, 5.41) is 3.13.